The SMILES string of the molecule is CC(=O)O/C1=C(/C)[C@@H](OC(C)=O)C[C@H](O)/C(CO)=C/[C@H](O)[C@@H]2C[C@H](OC(C)=O)C(C)=C([C@H]1OC(C)=O)C2(C)C. The van der Waals surface area contributed by atoms with Gasteiger partial charge in [0.1, 0.15) is 12.2 Å². The van der Waals surface area contributed by atoms with E-state index in [1.54, 1.807) is 20.8 Å². The normalized spacial score (nSPS) is 32.5. The molecule has 6 atom stereocenters. The number of hydrogen-bond acceptors (Lipinski definition) is 11. The Balaban J connectivity index is 3.06. The fourth-order valence-electron chi connectivity index (χ4n) is 5.57. The van der Waals surface area contributed by atoms with E-state index in [1.165, 1.54) is 33.8 Å². The summed E-state index contributed by atoms with van der Waals surface area (Å²) in [4.78, 5) is 48.8. The molecule has 3 N–H and O–H groups in total. The van der Waals surface area contributed by atoms with E-state index in [9.17, 15) is 34.5 Å². The minimum Gasteiger partial charge on any atom is -0.458 e. The molecule has 2 rings (SSSR count). The largest absolute Gasteiger partial charge is 0.458 e. The van der Waals surface area contributed by atoms with Gasteiger partial charge in [0.25, 0.3) is 0 Å². The molecule has 2 aliphatic carbocycles. The maximum absolute atomic E-state index is 12.4. The Morgan fingerprint density at radius 2 is 1.36 bits per heavy atom. The van der Waals surface area contributed by atoms with Crippen molar-refractivity contribution in [3.8, 4) is 0 Å². The van der Waals surface area contributed by atoms with Crippen LogP contribution in [0.2, 0.25) is 0 Å². The van der Waals surface area contributed by atoms with Crippen LogP contribution in [0.1, 0.15) is 68.2 Å². The van der Waals surface area contributed by atoms with E-state index >= 15 is 0 Å². The quantitative estimate of drug-likeness (QED) is 0.259. The van der Waals surface area contributed by atoms with Crippen LogP contribution in [0.15, 0.2) is 34.1 Å². The molecule has 0 saturated carbocycles. The van der Waals surface area contributed by atoms with Crippen LogP contribution in [-0.4, -0.2) is 76.3 Å². The highest BCUT2D eigenvalue weighted by molar-refractivity contribution is 5.70. The average molecular weight is 553 g/mol. The number of esters is 4. The van der Waals surface area contributed by atoms with Gasteiger partial charge in [-0.05, 0) is 42.4 Å². The smallest absolute Gasteiger partial charge is 0.307 e. The summed E-state index contributed by atoms with van der Waals surface area (Å²) in [6, 6.07) is 0. The predicted octanol–water partition coefficient (Wildman–Crippen LogP) is 2.03. The maximum atomic E-state index is 12.4. The van der Waals surface area contributed by atoms with Crippen LogP contribution in [0.3, 0.4) is 0 Å². The Morgan fingerprint density at radius 1 is 0.846 bits per heavy atom. The summed E-state index contributed by atoms with van der Waals surface area (Å²) in [5.41, 5.74) is 0.272. The predicted molar refractivity (Wildman–Crippen MR) is 138 cm³/mol. The molecule has 0 radical (unpaired) electrons. The van der Waals surface area contributed by atoms with Crippen LogP contribution in [0.25, 0.3) is 0 Å². The highest BCUT2D eigenvalue weighted by Gasteiger charge is 2.50. The van der Waals surface area contributed by atoms with Crippen molar-refractivity contribution >= 4 is 23.9 Å². The number of aliphatic hydroxyl groups excluding tert-OH is 3. The molecule has 0 heterocycles. The lowest BCUT2D eigenvalue weighted by Crippen LogP contribution is -2.48. The van der Waals surface area contributed by atoms with Gasteiger partial charge >= 0.3 is 23.9 Å². The zero-order valence-corrected chi connectivity index (χ0v) is 23.8. The molecular weight excluding hydrogens is 512 g/mol. The number of carbonyl (C=O) groups is 4. The third kappa shape index (κ3) is 7.55. The van der Waals surface area contributed by atoms with Crippen LogP contribution in [0.5, 0.6) is 0 Å². The molecule has 0 aromatic carbocycles. The number of ether oxygens (including phenoxy) is 4. The molecule has 0 saturated heterocycles. The standard InChI is InChI=1S/C28H40O11/c1-13-23(36-15(3)30)10-20-22(35)9-19(12-29)21(34)11-24(37-16(4)31)14(2)26(38-17(5)32)27(39-18(6)33)25(13)28(20,7)8/h9,20-24,27,29,34-35H,10-12H2,1-8H3/b19-9+,26-14-/t20-,21-,22-,23-,24-,27+/m0/s1. The average Bonchev–Trinajstić information content (AvgIpc) is 2.79. The molecule has 0 spiro atoms. The summed E-state index contributed by atoms with van der Waals surface area (Å²) in [7, 11) is 0. The Labute approximate surface area is 228 Å². The first-order valence-electron chi connectivity index (χ1n) is 12.8. The Morgan fingerprint density at radius 3 is 1.82 bits per heavy atom. The zero-order chi connectivity index (χ0) is 29.8. The van der Waals surface area contributed by atoms with E-state index in [2.05, 4.69) is 0 Å². The van der Waals surface area contributed by atoms with Gasteiger partial charge in [-0.3, -0.25) is 19.2 Å². The Kier molecular flexibility index (Phi) is 10.6. The lowest BCUT2D eigenvalue weighted by Gasteiger charge is -2.48. The van der Waals surface area contributed by atoms with Gasteiger partial charge in [-0.25, -0.2) is 0 Å². The molecule has 0 aliphatic heterocycles. The van der Waals surface area contributed by atoms with Crippen LogP contribution >= 0.6 is 0 Å². The fraction of sp³-hybridized carbons (Fsp3) is 0.643. The summed E-state index contributed by atoms with van der Waals surface area (Å²) in [6.45, 7) is 11.0. The van der Waals surface area contributed by atoms with Crippen molar-refractivity contribution in [2.75, 3.05) is 6.61 Å². The van der Waals surface area contributed by atoms with Crippen LogP contribution < -0.4 is 0 Å². The summed E-state index contributed by atoms with van der Waals surface area (Å²) in [6.07, 6.45) is -4.64. The first-order chi connectivity index (χ1) is 18.0. The molecule has 0 aromatic rings. The van der Waals surface area contributed by atoms with E-state index < -0.39 is 72.3 Å². The lowest BCUT2D eigenvalue weighted by atomic mass is 9.60. The third-order valence-corrected chi connectivity index (χ3v) is 7.37. The number of aliphatic hydroxyl groups is 3. The first-order valence-corrected chi connectivity index (χ1v) is 12.8. The minimum absolute atomic E-state index is 0.0891. The number of carbonyl (C=O) groups excluding carboxylic acids is 4. The van der Waals surface area contributed by atoms with Gasteiger partial charge < -0.3 is 34.3 Å². The van der Waals surface area contributed by atoms with Crippen molar-refractivity contribution in [3.05, 3.63) is 34.1 Å². The van der Waals surface area contributed by atoms with Crippen molar-refractivity contribution in [1.29, 1.82) is 0 Å². The van der Waals surface area contributed by atoms with Crippen molar-refractivity contribution in [2.45, 2.75) is 98.8 Å². The van der Waals surface area contributed by atoms with E-state index in [0.717, 1.165) is 6.92 Å². The highest BCUT2D eigenvalue weighted by Crippen LogP contribution is 2.51. The molecule has 2 aliphatic rings. The number of rotatable bonds is 5. The molecule has 0 fully saturated rings. The molecule has 39 heavy (non-hydrogen) atoms. The van der Waals surface area contributed by atoms with Crippen molar-refractivity contribution < 1.29 is 53.4 Å². The van der Waals surface area contributed by atoms with Crippen molar-refractivity contribution in [2.24, 2.45) is 11.3 Å². The van der Waals surface area contributed by atoms with Gasteiger partial charge in [-0.2, -0.15) is 0 Å². The second-order valence-electron chi connectivity index (χ2n) is 10.6. The van der Waals surface area contributed by atoms with E-state index in [4.69, 9.17) is 18.9 Å². The molecule has 0 aromatic heterocycles. The summed E-state index contributed by atoms with van der Waals surface area (Å²) < 4.78 is 22.5. The second kappa shape index (κ2) is 12.9. The van der Waals surface area contributed by atoms with Crippen LogP contribution in [-0.2, 0) is 38.1 Å². The molecular formula is C28H40O11. The van der Waals surface area contributed by atoms with Crippen LogP contribution in [0.4, 0.5) is 0 Å². The van der Waals surface area contributed by atoms with E-state index in [-0.39, 0.29) is 29.7 Å². The van der Waals surface area contributed by atoms with Gasteiger partial charge in [0.15, 0.2) is 11.9 Å². The number of hydrogen-bond donors (Lipinski definition) is 3. The van der Waals surface area contributed by atoms with Gasteiger partial charge in [0, 0.05) is 45.6 Å². The monoisotopic (exact) mass is 552 g/mol. The second-order valence-corrected chi connectivity index (χ2v) is 10.6. The third-order valence-electron chi connectivity index (χ3n) is 7.37. The Hall–Kier alpha value is -3.02. The van der Waals surface area contributed by atoms with E-state index in [0.29, 0.717) is 11.1 Å². The molecule has 2 bridgehead atoms. The molecule has 218 valence electrons. The van der Waals surface area contributed by atoms with Gasteiger partial charge in [0.2, 0.25) is 0 Å². The van der Waals surface area contributed by atoms with Crippen molar-refractivity contribution in [1.82, 2.24) is 0 Å². The van der Waals surface area contributed by atoms with Gasteiger partial charge in [-0.15, -0.1) is 0 Å². The summed E-state index contributed by atoms with van der Waals surface area (Å²) >= 11 is 0. The van der Waals surface area contributed by atoms with Gasteiger partial charge in [0.05, 0.1) is 18.8 Å². The summed E-state index contributed by atoms with van der Waals surface area (Å²) in [5.74, 6) is -3.51. The lowest BCUT2D eigenvalue weighted by molar-refractivity contribution is -0.152. The van der Waals surface area contributed by atoms with Crippen molar-refractivity contribution in [3.63, 3.8) is 0 Å². The molecule has 0 amide bonds. The first kappa shape index (κ1) is 32.2. The zero-order valence-electron chi connectivity index (χ0n) is 23.8. The summed E-state index contributed by atoms with van der Waals surface area (Å²) in [5, 5.41) is 32.4. The topological polar surface area (TPSA) is 166 Å². The fourth-order valence-corrected chi connectivity index (χ4v) is 5.57. The molecule has 11 heteroatoms. The van der Waals surface area contributed by atoms with E-state index in [1.807, 2.05) is 0 Å². The minimum atomic E-state index is -1.36. The van der Waals surface area contributed by atoms with Gasteiger partial charge in [-0.1, -0.05) is 19.9 Å². The Bertz CT molecular complexity index is 1080. The highest BCUT2D eigenvalue weighted by atomic mass is 16.6. The maximum Gasteiger partial charge on any atom is 0.307 e. The van der Waals surface area contributed by atoms with Crippen LogP contribution in [0, 0.1) is 11.3 Å². The molecule has 0 unspecified atom stereocenters. The number of fused-ring (bicyclic) bond motifs is 2. The molecule has 11 nitrogen and oxygen atoms in total.